The van der Waals surface area contributed by atoms with E-state index in [4.69, 9.17) is 14.0 Å². The average molecular weight is 350 g/mol. The Labute approximate surface area is 147 Å². The molecule has 4 rings (SSSR count). The highest BCUT2D eigenvalue weighted by molar-refractivity contribution is 6.01. The largest absolute Gasteiger partial charge is 0.496 e. The fraction of sp³-hybridized carbons (Fsp3) is 0.111. The van der Waals surface area contributed by atoms with Gasteiger partial charge in [-0.05, 0) is 18.2 Å². The number of nitrogens with zero attached hydrogens (tertiary/aromatic N) is 3. The number of methoxy groups -OCH3 is 1. The quantitative estimate of drug-likeness (QED) is 0.552. The van der Waals surface area contributed by atoms with E-state index in [1.807, 2.05) is 36.4 Å². The Morgan fingerprint density at radius 3 is 2.85 bits per heavy atom. The SMILES string of the molecule is COc1ccccc1-c1noc(COC(=O)c2n[nH]c3ccccc23)n1. The van der Waals surface area contributed by atoms with Crippen LogP contribution in [-0.2, 0) is 11.3 Å². The summed E-state index contributed by atoms with van der Waals surface area (Å²) in [7, 11) is 1.57. The van der Waals surface area contributed by atoms with Crippen molar-refractivity contribution in [3.05, 3.63) is 60.1 Å². The Morgan fingerprint density at radius 1 is 1.15 bits per heavy atom. The number of carbonyl (C=O) groups is 1. The van der Waals surface area contributed by atoms with E-state index in [1.54, 1.807) is 19.2 Å². The molecular formula is C18H14N4O4. The standard InChI is InChI=1S/C18H14N4O4/c1-24-14-9-5-3-7-12(14)17-19-15(26-22-17)10-25-18(23)16-11-6-2-4-8-13(11)20-21-16/h2-9H,10H2,1H3,(H,20,21). The molecular weight excluding hydrogens is 336 g/mol. The molecule has 130 valence electrons. The molecule has 0 unspecified atom stereocenters. The second-order valence-corrected chi connectivity index (χ2v) is 5.41. The van der Waals surface area contributed by atoms with Crippen LogP contribution in [0.4, 0.5) is 0 Å². The summed E-state index contributed by atoms with van der Waals surface area (Å²) in [6.45, 7) is -0.151. The monoisotopic (exact) mass is 350 g/mol. The Hall–Kier alpha value is -3.68. The molecule has 8 heteroatoms. The van der Waals surface area contributed by atoms with E-state index in [1.165, 1.54) is 0 Å². The van der Waals surface area contributed by atoms with Crippen LogP contribution in [0.5, 0.6) is 5.75 Å². The predicted molar refractivity (Wildman–Crippen MR) is 91.5 cm³/mol. The summed E-state index contributed by atoms with van der Waals surface area (Å²) in [5.41, 5.74) is 1.66. The van der Waals surface area contributed by atoms with Gasteiger partial charge in [-0.1, -0.05) is 35.5 Å². The van der Waals surface area contributed by atoms with E-state index in [0.717, 1.165) is 5.52 Å². The molecule has 2 heterocycles. The van der Waals surface area contributed by atoms with Gasteiger partial charge in [0.15, 0.2) is 12.3 Å². The summed E-state index contributed by atoms with van der Waals surface area (Å²) >= 11 is 0. The van der Waals surface area contributed by atoms with Gasteiger partial charge in [-0.2, -0.15) is 10.1 Å². The van der Waals surface area contributed by atoms with Crippen LogP contribution in [0.2, 0.25) is 0 Å². The Bertz CT molecular complexity index is 1070. The first-order valence-corrected chi connectivity index (χ1v) is 7.82. The normalized spacial score (nSPS) is 10.8. The molecule has 1 N–H and O–H groups in total. The molecule has 2 aromatic carbocycles. The number of hydrogen-bond donors (Lipinski definition) is 1. The zero-order valence-corrected chi connectivity index (χ0v) is 13.8. The van der Waals surface area contributed by atoms with Gasteiger partial charge in [0.1, 0.15) is 5.75 Å². The Morgan fingerprint density at radius 2 is 1.96 bits per heavy atom. The van der Waals surface area contributed by atoms with Crippen molar-refractivity contribution in [1.82, 2.24) is 20.3 Å². The topological polar surface area (TPSA) is 103 Å². The first-order valence-electron chi connectivity index (χ1n) is 7.82. The lowest BCUT2D eigenvalue weighted by Gasteiger charge is -2.03. The van der Waals surface area contributed by atoms with Crippen molar-refractivity contribution >= 4 is 16.9 Å². The lowest BCUT2D eigenvalue weighted by molar-refractivity contribution is 0.0425. The highest BCUT2D eigenvalue weighted by atomic mass is 16.6. The lowest BCUT2D eigenvalue weighted by Crippen LogP contribution is -2.06. The van der Waals surface area contributed by atoms with Gasteiger partial charge in [-0.3, -0.25) is 5.10 Å². The average Bonchev–Trinajstić information content (AvgIpc) is 3.33. The first-order chi connectivity index (χ1) is 12.8. The smallest absolute Gasteiger partial charge is 0.359 e. The third-order valence-corrected chi connectivity index (χ3v) is 3.81. The van der Waals surface area contributed by atoms with E-state index in [9.17, 15) is 4.79 Å². The van der Waals surface area contributed by atoms with Gasteiger partial charge in [-0.25, -0.2) is 4.79 Å². The molecule has 0 amide bonds. The number of ether oxygens (including phenoxy) is 2. The van der Waals surface area contributed by atoms with Crippen molar-refractivity contribution in [3.8, 4) is 17.1 Å². The van der Waals surface area contributed by atoms with Gasteiger partial charge in [0, 0.05) is 5.39 Å². The van der Waals surface area contributed by atoms with Crippen LogP contribution < -0.4 is 4.74 Å². The number of rotatable bonds is 5. The number of para-hydroxylation sites is 2. The van der Waals surface area contributed by atoms with Gasteiger partial charge in [0.2, 0.25) is 5.82 Å². The van der Waals surface area contributed by atoms with Crippen molar-refractivity contribution < 1.29 is 18.8 Å². The zero-order valence-electron chi connectivity index (χ0n) is 13.8. The number of aromatic amines is 1. The van der Waals surface area contributed by atoms with Gasteiger partial charge in [0.05, 0.1) is 18.2 Å². The van der Waals surface area contributed by atoms with Crippen molar-refractivity contribution in [2.75, 3.05) is 7.11 Å². The van der Waals surface area contributed by atoms with Gasteiger partial charge in [0.25, 0.3) is 5.89 Å². The van der Waals surface area contributed by atoms with Crippen LogP contribution in [0, 0.1) is 0 Å². The number of aromatic nitrogens is 4. The van der Waals surface area contributed by atoms with Gasteiger partial charge in [-0.15, -0.1) is 0 Å². The van der Waals surface area contributed by atoms with Gasteiger partial charge >= 0.3 is 5.97 Å². The van der Waals surface area contributed by atoms with E-state index < -0.39 is 5.97 Å². The Kier molecular flexibility index (Phi) is 4.06. The maximum atomic E-state index is 12.3. The van der Waals surface area contributed by atoms with Crippen molar-refractivity contribution in [2.45, 2.75) is 6.61 Å². The summed E-state index contributed by atoms with van der Waals surface area (Å²) in [4.78, 5) is 16.5. The van der Waals surface area contributed by atoms with Crippen molar-refractivity contribution in [2.24, 2.45) is 0 Å². The molecule has 4 aromatic rings. The zero-order chi connectivity index (χ0) is 17.9. The number of benzene rings is 2. The number of nitrogens with one attached hydrogen (secondary N) is 1. The molecule has 0 saturated carbocycles. The lowest BCUT2D eigenvalue weighted by atomic mass is 10.2. The molecule has 0 saturated heterocycles. The van der Waals surface area contributed by atoms with Crippen LogP contribution in [0.1, 0.15) is 16.4 Å². The number of fused-ring (bicyclic) bond motifs is 1. The summed E-state index contributed by atoms with van der Waals surface area (Å²) in [5, 5.41) is 11.4. The highest BCUT2D eigenvalue weighted by Crippen LogP contribution is 2.27. The number of esters is 1. The van der Waals surface area contributed by atoms with E-state index in [0.29, 0.717) is 22.5 Å². The van der Waals surface area contributed by atoms with Crippen LogP contribution in [-0.4, -0.2) is 33.4 Å². The van der Waals surface area contributed by atoms with Crippen molar-refractivity contribution in [1.29, 1.82) is 0 Å². The molecule has 0 aliphatic carbocycles. The maximum absolute atomic E-state index is 12.3. The third-order valence-electron chi connectivity index (χ3n) is 3.81. The minimum absolute atomic E-state index is 0.151. The fourth-order valence-corrected chi connectivity index (χ4v) is 2.57. The number of carbonyl (C=O) groups excluding carboxylic acids is 1. The molecule has 0 aliphatic rings. The summed E-state index contributed by atoms with van der Waals surface area (Å²) < 4.78 is 15.7. The van der Waals surface area contributed by atoms with E-state index in [2.05, 4.69) is 20.3 Å². The summed E-state index contributed by atoms with van der Waals surface area (Å²) in [6.07, 6.45) is 0. The highest BCUT2D eigenvalue weighted by Gasteiger charge is 2.18. The predicted octanol–water partition coefficient (Wildman–Crippen LogP) is 2.98. The maximum Gasteiger partial charge on any atom is 0.359 e. The molecule has 0 fully saturated rings. The van der Waals surface area contributed by atoms with Crippen molar-refractivity contribution in [3.63, 3.8) is 0 Å². The number of hydrogen-bond acceptors (Lipinski definition) is 7. The fourth-order valence-electron chi connectivity index (χ4n) is 2.57. The minimum Gasteiger partial charge on any atom is -0.496 e. The second-order valence-electron chi connectivity index (χ2n) is 5.41. The summed E-state index contributed by atoms with van der Waals surface area (Å²) in [5.74, 6) is 0.595. The number of H-pyrrole nitrogens is 1. The minimum atomic E-state index is -0.570. The van der Waals surface area contributed by atoms with Crippen LogP contribution in [0.3, 0.4) is 0 Å². The van der Waals surface area contributed by atoms with E-state index in [-0.39, 0.29) is 18.2 Å². The molecule has 26 heavy (non-hydrogen) atoms. The summed E-state index contributed by atoms with van der Waals surface area (Å²) in [6, 6.07) is 14.6. The molecule has 0 spiro atoms. The van der Waals surface area contributed by atoms with Crippen LogP contribution >= 0.6 is 0 Å². The molecule has 0 atom stereocenters. The molecule has 2 aromatic heterocycles. The van der Waals surface area contributed by atoms with Crippen LogP contribution in [0.15, 0.2) is 53.1 Å². The van der Waals surface area contributed by atoms with E-state index >= 15 is 0 Å². The molecule has 0 radical (unpaired) electrons. The third kappa shape index (κ3) is 2.88. The molecule has 0 bridgehead atoms. The van der Waals surface area contributed by atoms with Gasteiger partial charge < -0.3 is 14.0 Å². The molecule has 8 nitrogen and oxygen atoms in total. The second kappa shape index (κ2) is 6.67. The first kappa shape index (κ1) is 15.8. The van der Waals surface area contributed by atoms with Crippen LogP contribution in [0.25, 0.3) is 22.3 Å². The molecule has 0 aliphatic heterocycles. The Balaban J connectivity index is 1.49.